The Morgan fingerprint density at radius 3 is 2.36 bits per heavy atom. The van der Waals surface area contributed by atoms with Crippen molar-refractivity contribution in [1.29, 1.82) is 0 Å². The van der Waals surface area contributed by atoms with Crippen molar-refractivity contribution < 1.29 is 22.8 Å². The molecule has 0 unspecified atom stereocenters. The van der Waals surface area contributed by atoms with Gasteiger partial charge in [0.05, 0.1) is 23.5 Å². The number of amides is 2. The van der Waals surface area contributed by atoms with Crippen molar-refractivity contribution in [2.75, 3.05) is 22.5 Å². The number of benzene rings is 2. The summed E-state index contributed by atoms with van der Waals surface area (Å²) in [4.78, 5) is 28.4. The molecule has 0 radical (unpaired) electrons. The van der Waals surface area contributed by atoms with E-state index < -0.39 is 23.1 Å². The minimum atomic E-state index is -4.57. The normalized spacial score (nSPS) is 11.7. The number of nitrogens with one attached hydrogen (secondary N) is 3. The molecule has 0 saturated carbocycles. The van der Waals surface area contributed by atoms with Gasteiger partial charge in [0.15, 0.2) is 0 Å². The smallest absolute Gasteiger partial charge is 0.376 e. The Bertz CT molecular complexity index is 1140. The summed E-state index contributed by atoms with van der Waals surface area (Å²) in [5, 5.41) is 12.1. The summed E-state index contributed by atoms with van der Waals surface area (Å²) in [7, 11) is 0. The molecule has 2 aromatic carbocycles. The summed E-state index contributed by atoms with van der Waals surface area (Å²) in [6, 6.07) is 9.73. The number of hydrogen-bond donors (Lipinski definition) is 3. The lowest BCUT2D eigenvalue weighted by molar-refractivity contribution is -0.137. The number of carbonyl (C=O) groups is 2. The molecule has 3 N–H and O–H groups in total. The number of nitrogens with zero attached hydrogens (tertiary/aromatic N) is 3. The van der Waals surface area contributed by atoms with Crippen LogP contribution < -0.4 is 16.0 Å². The molecule has 33 heavy (non-hydrogen) atoms. The summed E-state index contributed by atoms with van der Waals surface area (Å²) in [6.45, 7) is 5.14. The Balaban J connectivity index is 1.71. The predicted octanol–water partition coefficient (Wildman–Crippen LogP) is 4.32. The molecular weight excluding hydrogens is 437 g/mol. The maximum absolute atomic E-state index is 13.2. The maximum atomic E-state index is 13.2. The second-order valence-corrected chi connectivity index (χ2v) is 8.26. The Morgan fingerprint density at radius 2 is 1.73 bits per heavy atom. The summed E-state index contributed by atoms with van der Waals surface area (Å²) in [6.07, 6.45) is -2.03. The van der Waals surface area contributed by atoms with Gasteiger partial charge in [0.25, 0.3) is 0 Å². The zero-order chi connectivity index (χ0) is 24.2. The van der Waals surface area contributed by atoms with Crippen molar-refractivity contribution in [3.05, 3.63) is 60.7 Å². The number of anilines is 3. The molecule has 0 spiro atoms. The highest BCUT2D eigenvalue weighted by Gasteiger charge is 2.31. The number of rotatable bonds is 6. The average Bonchev–Trinajstić information content (AvgIpc) is 3.26. The quantitative estimate of drug-likeness (QED) is 0.509. The van der Waals surface area contributed by atoms with E-state index in [1.807, 2.05) is 0 Å². The van der Waals surface area contributed by atoms with E-state index >= 15 is 0 Å². The van der Waals surface area contributed by atoms with Crippen molar-refractivity contribution in [3.8, 4) is 5.69 Å². The highest BCUT2D eigenvalue weighted by molar-refractivity contribution is 5.96. The first-order chi connectivity index (χ1) is 15.4. The summed E-state index contributed by atoms with van der Waals surface area (Å²) < 4.78 is 40.7. The van der Waals surface area contributed by atoms with Crippen LogP contribution in [-0.2, 0) is 15.8 Å². The fraction of sp³-hybridized carbons (Fsp3) is 0.273. The first-order valence-corrected chi connectivity index (χ1v) is 9.95. The number of carbonyl (C=O) groups excluding carboxylic acids is 2. The molecule has 0 atom stereocenters. The van der Waals surface area contributed by atoms with Gasteiger partial charge in [-0.15, -0.1) is 0 Å². The van der Waals surface area contributed by atoms with Gasteiger partial charge in [-0.1, -0.05) is 26.8 Å². The third-order valence-electron chi connectivity index (χ3n) is 4.52. The third kappa shape index (κ3) is 6.31. The average molecular weight is 460 g/mol. The van der Waals surface area contributed by atoms with Gasteiger partial charge >= 0.3 is 6.18 Å². The van der Waals surface area contributed by atoms with Crippen LogP contribution in [0.15, 0.2) is 55.1 Å². The van der Waals surface area contributed by atoms with Gasteiger partial charge in [0.1, 0.15) is 12.7 Å². The van der Waals surface area contributed by atoms with Crippen molar-refractivity contribution in [3.63, 3.8) is 0 Å². The Hall–Kier alpha value is -3.89. The van der Waals surface area contributed by atoms with Crippen molar-refractivity contribution in [2.45, 2.75) is 26.9 Å². The van der Waals surface area contributed by atoms with Gasteiger partial charge < -0.3 is 16.0 Å². The van der Waals surface area contributed by atoms with E-state index in [9.17, 15) is 22.8 Å². The summed E-state index contributed by atoms with van der Waals surface area (Å²) in [5.74, 6) is -0.734. The van der Waals surface area contributed by atoms with Gasteiger partial charge in [-0.2, -0.15) is 18.3 Å². The molecule has 1 aromatic heterocycles. The number of aromatic nitrogens is 3. The van der Waals surface area contributed by atoms with E-state index in [1.54, 1.807) is 45.0 Å². The van der Waals surface area contributed by atoms with E-state index in [0.29, 0.717) is 11.4 Å². The van der Waals surface area contributed by atoms with Gasteiger partial charge in [0, 0.05) is 16.8 Å². The van der Waals surface area contributed by atoms with E-state index in [4.69, 9.17) is 0 Å². The van der Waals surface area contributed by atoms with Crippen LogP contribution in [-0.4, -0.2) is 33.1 Å². The highest BCUT2D eigenvalue weighted by atomic mass is 19.4. The van der Waals surface area contributed by atoms with Gasteiger partial charge in [-0.3, -0.25) is 9.59 Å². The van der Waals surface area contributed by atoms with E-state index in [1.165, 1.54) is 23.4 Å². The third-order valence-corrected chi connectivity index (χ3v) is 4.52. The van der Waals surface area contributed by atoms with Gasteiger partial charge in [-0.25, -0.2) is 9.67 Å². The van der Waals surface area contributed by atoms with Crippen molar-refractivity contribution in [1.82, 2.24) is 14.8 Å². The van der Waals surface area contributed by atoms with Crippen LogP contribution in [0.5, 0.6) is 0 Å². The highest BCUT2D eigenvalue weighted by Crippen LogP contribution is 2.33. The summed E-state index contributed by atoms with van der Waals surface area (Å²) >= 11 is 0. The first kappa shape index (κ1) is 23.8. The molecule has 2 amide bonds. The number of halogens is 3. The van der Waals surface area contributed by atoms with E-state index in [-0.39, 0.29) is 23.8 Å². The molecule has 0 saturated heterocycles. The molecule has 0 fully saturated rings. The first-order valence-electron chi connectivity index (χ1n) is 9.95. The van der Waals surface area contributed by atoms with E-state index in [0.717, 1.165) is 12.1 Å². The number of alkyl halides is 3. The van der Waals surface area contributed by atoms with Crippen LogP contribution in [0, 0.1) is 5.41 Å². The fourth-order valence-electron chi connectivity index (χ4n) is 2.75. The van der Waals surface area contributed by atoms with Crippen LogP contribution in [0.1, 0.15) is 26.3 Å². The molecule has 0 aliphatic rings. The largest absolute Gasteiger partial charge is 0.416 e. The monoisotopic (exact) mass is 460 g/mol. The lowest BCUT2D eigenvalue weighted by Crippen LogP contribution is -2.27. The minimum absolute atomic E-state index is 0.0617. The molecule has 0 aliphatic carbocycles. The second kappa shape index (κ2) is 9.31. The Kier molecular flexibility index (Phi) is 6.70. The second-order valence-electron chi connectivity index (χ2n) is 8.26. The van der Waals surface area contributed by atoms with Crippen LogP contribution in [0.25, 0.3) is 5.69 Å². The predicted molar refractivity (Wildman–Crippen MR) is 118 cm³/mol. The lowest BCUT2D eigenvalue weighted by atomic mass is 9.95. The van der Waals surface area contributed by atoms with Crippen LogP contribution in [0.2, 0.25) is 0 Å². The molecule has 1 heterocycles. The van der Waals surface area contributed by atoms with Crippen LogP contribution in [0.3, 0.4) is 0 Å². The molecule has 174 valence electrons. The van der Waals surface area contributed by atoms with Gasteiger partial charge in [0.2, 0.25) is 11.8 Å². The van der Waals surface area contributed by atoms with E-state index in [2.05, 4.69) is 26.0 Å². The van der Waals surface area contributed by atoms with Crippen LogP contribution in [0.4, 0.5) is 30.2 Å². The molecular formula is C22H23F3N6O2. The van der Waals surface area contributed by atoms with Crippen molar-refractivity contribution in [2.24, 2.45) is 5.41 Å². The maximum Gasteiger partial charge on any atom is 0.416 e. The van der Waals surface area contributed by atoms with Crippen molar-refractivity contribution >= 4 is 28.9 Å². The molecule has 3 rings (SSSR count). The molecule has 0 bridgehead atoms. The van der Waals surface area contributed by atoms with Gasteiger partial charge in [-0.05, 0) is 36.4 Å². The number of hydrogen-bond acceptors (Lipinski definition) is 5. The molecule has 0 aliphatic heterocycles. The molecule has 11 heteroatoms. The Labute approximate surface area is 188 Å². The molecule has 3 aromatic rings. The topological polar surface area (TPSA) is 101 Å². The standard InChI is InChI=1S/C22H23F3N6O2/c1-21(2,3)20(33)29-16-6-4-5-15(10-16)27-11-19(32)30-17-9-14(22(23,24)25)7-8-18(17)31-13-26-12-28-31/h4-10,12-13,27H,11H2,1-3H3,(H,29,33)(H,30,32). The summed E-state index contributed by atoms with van der Waals surface area (Å²) in [5.41, 5.74) is -0.203. The fourth-order valence-corrected chi connectivity index (χ4v) is 2.75. The van der Waals surface area contributed by atoms with Crippen LogP contribution >= 0.6 is 0 Å². The lowest BCUT2D eigenvalue weighted by Gasteiger charge is -2.18. The SMILES string of the molecule is CC(C)(C)C(=O)Nc1cccc(NCC(=O)Nc2cc(C(F)(F)F)ccc2-n2cncn2)c1. The minimum Gasteiger partial charge on any atom is -0.376 e. The molecule has 8 nitrogen and oxygen atoms in total. The zero-order valence-electron chi connectivity index (χ0n) is 18.2. The zero-order valence-corrected chi connectivity index (χ0v) is 18.2. The Morgan fingerprint density at radius 1 is 1.00 bits per heavy atom.